The summed E-state index contributed by atoms with van der Waals surface area (Å²) in [4.78, 5) is 11.8. The zero-order valence-corrected chi connectivity index (χ0v) is 9.99. The van der Waals surface area contributed by atoms with Crippen LogP contribution >= 0.6 is 0 Å². The molecular formula is C9H18N2O3S. The van der Waals surface area contributed by atoms with E-state index in [1.165, 1.54) is 6.92 Å². The maximum atomic E-state index is 11.8. The Morgan fingerprint density at radius 2 is 2.13 bits per heavy atom. The third kappa shape index (κ3) is 2.69. The predicted molar refractivity (Wildman–Crippen MR) is 57.8 cm³/mol. The van der Waals surface area contributed by atoms with Crippen molar-refractivity contribution in [1.29, 1.82) is 0 Å². The number of carbonyl (C=O) groups is 1. The molecule has 1 atom stereocenters. The van der Waals surface area contributed by atoms with Gasteiger partial charge in [0.2, 0.25) is 15.9 Å². The van der Waals surface area contributed by atoms with Gasteiger partial charge in [-0.05, 0) is 26.3 Å². The lowest BCUT2D eigenvalue weighted by molar-refractivity contribution is -0.128. The number of sulfonamides is 1. The van der Waals surface area contributed by atoms with Gasteiger partial charge in [-0.3, -0.25) is 9.52 Å². The monoisotopic (exact) mass is 234 g/mol. The van der Waals surface area contributed by atoms with Crippen LogP contribution < -0.4 is 10.0 Å². The van der Waals surface area contributed by atoms with Crippen molar-refractivity contribution in [1.82, 2.24) is 10.0 Å². The minimum atomic E-state index is -3.43. The molecular weight excluding hydrogens is 216 g/mol. The second-order valence-electron chi connectivity index (χ2n) is 3.90. The molecule has 0 aliphatic carbocycles. The first-order valence-electron chi connectivity index (χ1n) is 5.21. The van der Waals surface area contributed by atoms with Gasteiger partial charge in [0.05, 0.1) is 11.2 Å². The Hall–Kier alpha value is -0.620. The van der Waals surface area contributed by atoms with Gasteiger partial charge >= 0.3 is 0 Å². The topological polar surface area (TPSA) is 75.3 Å². The van der Waals surface area contributed by atoms with Gasteiger partial charge in [-0.15, -0.1) is 0 Å². The molecule has 0 aromatic rings. The van der Waals surface area contributed by atoms with Crippen LogP contribution in [-0.4, -0.2) is 33.2 Å². The van der Waals surface area contributed by atoms with E-state index < -0.39 is 15.4 Å². The van der Waals surface area contributed by atoms with E-state index in [4.69, 9.17) is 0 Å². The van der Waals surface area contributed by atoms with E-state index in [1.54, 1.807) is 0 Å². The molecule has 1 unspecified atom stereocenters. The van der Waals surface area contributed by atoms with Gasteiger partial charge in [-0.2, -0.15) is 0 Å². The average Bonchev–Trinajstić information content (AvgIpc) is 2.66. The zero-order valence-electron chi connectivity index (χ0n) is 9.17. The normalized spacial score (nSPS) is 26.5. The van der Waals surface area contributed by atoms with Crippen LogP contribution in [0.25, 0.3) is 0 Å². The lowest BCUT2D eigenvalue weighted by Crippen LogP contribution is -2.45. The molecule has 2 N–H and O–H groups in total. The number of rotatable bonds is 4. The highest BCUT2D eigenvalue weighted by Gasteiger charge is 2.40. The van der Waals surface area contributed by atoms with Crippen LogP contribution in [0.3, 0.4) is 0 Å². The second kappa shape index (κ2) is 4.49. The van der Waals surface area contributed by atoms with E-state index in [0.717, 1.165) is 6.54 Å². The van der Waals surface area contributed by atoms with Gasteiger partial charge in [-0.1, -0.05) is 6.92 Å². The van der Waals surface area contributed by atoms with Crippen molar-refractivity contribution in [3.05, 3.63) is 0 Å². The van der Waals surface area contributed by atoms with Crippen LogP contribution in [0, 0.1) is 5.41 Å². The van der Waals surface area contributed by atoms with Gasteiger partial charge in [0.1, 0.15) is 0 Å². The largest absolute Gasteiger partial charge is 0.316 e. The molecule has 6 heteroatoms. The van der Waals surface area contributed by atoms with Crippen LogP contribution in [0.1, 0.15) is 26.7 Å². The summed E-state index contributed by atoms with van der Waals surface area (Å²) in [6.07, 6.45) is 1.36. The Bertz CT molecular complexity index is 331. The number of amides is 1. The van der Waals surface area contributed by atoms with Crippen molar-refractivity contribution in [2.24, 2.45) is 5.41 Å². The van der Waals surface area contributed by atoms with Crippen LogP contribution in [0.5, 0.6) is 0 Å². The van der Waals surface area contributed by atoms with Crippen molar-refractivity contribution in [2.75, 3.05) is 18.8 Å². The van der Waals surface area contributed by atoms with Crippen LogP contribution in [0.15, 0.2) is 0 Å². The van der Waals surface area contributed by atoms with E-state index >= 15 is 0 Å². The fourth-order valence-electron chi connectivity index (χ4n) is 1.72. The lowest BCUT2D eigenvalue weighted by Gasteiger charge is -2.24. The maximum Gasteiger partial charge on any atom is 0.240 e. The van der Waals surface area contributed by atoms with Crippen molar-refractivity contribution < 1.29 is 13.2 Å². The van der Waals surface area contributed by atoms with Crippen LogP contribution in [-0.2, 0) is 14.8 Å². The maximum absolute atomic E-state index is 11.8. The molecule has 1 rings (SSSR count). The molecule has 5 nitrogen and oxygen atoms in total. The smallest absolute Gasteiger partial charge is 0.240 e. The summed E-state index contributed by atoms with van der Waals surface area (Å²) in [7, 11) is -3.43. The van der Waals surface area contributed by atoms with Gasteiger partial charge in [0.15, 0.2) is 0 Å². The van der Waals surface area contributed by atoms with Crippen LogP contribution in [0.2, 0.25) is 0 Å². The molecule has 0 aromatic heterocycles. The molecule has 1 fully saturated rings. The number of nitrogens with one attached hydrogen (secondary N) is 2. The fourth-order valence-corrected chi connectivity index (χ4v) is 2.36. The third-order valence-electron chi connectivity index (χ3n) is 3.03. The molecule has 15 heavy (non-hydrogen) atoms. The summed E-state index contributed by atoms with van der Waals surface area (Å²) >= 11 is 0. The van der Waals surface area contributed by atoms with E-state index in [-0.39, 0.29) is 11.7 Å². The highest BCUT2D eigenvalue weighted by atomic mass is 32.2. The minimum Gasteiger partial charge on any atom is -0.316 e. The van der Waals surface area contributed by atoms with E-state index in [2.05, 4.69) is 10.0 Å². The first kappa shape index (κ1) is 12.4. The van der Waals surface area contributed by atoms with Crippen molar-refractivity contribution in [2.45, 2.75) is 26.7 Å². The van der Waals surface area contributed by atoms with E-state index in [1.807, 2.05) is 6.92 Å². The fraction of sp³-hybridized carbons (Fsp3) is 0.889. The Labute approximate surface area is 90.7 Å². The molecule has 1 aliphatic rings. The van der Waals surface area contributed by atoms with Crippen LogP contribution in [0.4, 0.5) is 0 Å². The zero-order chi connectivity index (χ0) is 11.5. The summed E-state index contributed by atoms with van der Waals surface area (Å²) < 4.78 is 24.7. The van der Waals surface area contributed by atoms with Crippen molar-refractivity contribution >= 4 is 15.9 Å². The second-order valence-corrected chi connectivity index (χ2v) is 5.91. The van der Waals surface area contributed by atoms with Crippen molar-refractivity contribution in [3.63, 3.8) is 0 Å². The molecule has 1 heterocycles. The molecule has 0 aromatic carbocycles. The molecule has 1 aliphatic heterocycles. The quantitative estimate of drug-likeness (QED) is 0.709. The standard InChI is InChI=1S/C9H18N2O3S/c1-3-9(5-6-10-7-9)8(12)11-15(13,14)4-2/h10H,3-7H2,1-2H3,(H,11,12). The van der Waals surface area contributed by atoms with Gasteiger partial charge < -0.3 is 5.32 Å². The summed E-state index contributed by atoms with van der Waals surface area (Å²) in [5.41, 5.74) is -0.539. The average molecular weight is 234 g/mol. The third-order valence-corrected chi connectivity index (χ3v) is 4.29. The van der Waals surface area contributed by atoms with Gasteiger partial charge in [0.25, 0.3) is 0 Å². The highest BCUT2D eigenvalue weighted by Crippen LogP contribution is 2.29. The van der Waals surface area contributed by atoms with Crippen molar-refractivity contribution in [3.8, 4) is 0 Å². The lowest BCUT2D eigenvalue weighted by atomic mass is 9.84. The summed E-state index contributed by atoms with van der Waals surface area (Å²) in [5.74, 6) is -0.428. The number of hydrogen-bond donors (Lipinski definition) is 2. The molecule has 0 radical (unpaired) electrons. The molecule has 0 spiro atoms. The number of hydrogen-bond acceptors (Lipinski definition) is 4. The Kier molecular flexibility index (Phi) is 3.72. The molecule has 0 saturated carbocycles. The Morgan fingerprint density at radius 3 is 2.53 bits per heavy atom. The minimum absolute atomic E-state index is 0.0635. The van der Waals surface area contributed by atoms with E-state index in [9.17, 15) is 13.2 Å². The predicted octanol–water partition coefficient (Wildman–Crippen LogP) is -0.158. The molecule has 1 amide bonds. The summed E-state index contributed by atoms with van der Waals surface area (Å²) in [6.45, 7) is 4.76. The number of carbonyl (C=O) groups excluding carboxylic acids is 1. The first-order chi connectivity index (χ1) is 6.96. The van der Waals surface area contributed by atoms with Gasteiger partial charge in [-0.25, -0.2) is 8.42 Å². The molecule has 1 saturated heterocycles. The Morgan fingerprint density at radius 1 is 1.47 bits per heavy atom. The Balaban J connectivity index is 2.75. The highest BCUT2D eigenvalue weighted by molar-refractivity contribution is 7.90. The molecule has 88 valence electrons. The summed E-state index contributed by atoms with van der Waals surface area (Å²) in [5, 5.41) is 3.09. The SMILES string of the molecule is CCC1(C(=O)NS(=O)(=O)CC)CCNC1. The van der Waals surface area contributed by atoms with E-state index in [0.29, 0.717) is 19.4 Å². The molecule has 0 bridgehead atoms. The first-order valence-corrected chi connectivity index (χ1v) is 6.86. The van der Waals surface area contributed by atoms with Gasteiger partial charge in [0, 0.05) is 6.54 Å². The summed E-state index contributed by atoms with van der Waals surface area (Å²) in [6, 6.07) is 0.